The van der Waals surface area contributed by atoms with Crippen molar-refractivity contribution in [3.05, 3.63) is 29.3 Å². The quantitative estimate of drug-likeness (QED) is 0.883. The van der Waals surface area contributed by atoms with Crippen LogP contribution in [0.3, 0.4) is 0 Å². The van der Waals surface area contributed by atoms with Gasteiger partial charge < -0.3 is 10.2 Å². The average Bonchev–Trinajstić information content (AvgIpc) is 2.42. The second-order valence-corrected chi connectivity index (χ2v) is 8.15. The monoisotopic (exact) mass is 306 g/mol. The molecule has 2 unspecified atom stereocenters. The van der Waals surface area contributed by atoms with Crippen LogP contribution in [-0.4, -0.2) is 30.1 Å². The van der Waals surface area contributed by atoms with Gasteiger partial charge in [0.2, 0.25) is 0 Å². The van der Waals surface area contributed by atoms with E-state index in [1.54, 1.807) is 0 Å². The largest absolute Gasteiger partial charge is 0.367 e. The van der Waals surface area contributed by atoms with E-state index in [9.17, 15) is 0 Å². The highest BCUT2D eigenvalue weighted by Crippen LogP contribution is 2.31. The number of hydrogen-bond acceptors (Lipinski definition) is 3. The Labute approximate surface area is 134 Å². The summed E-state index contributed by atoms with van der Waals surface area (Å²) in [5, 5.41) is 4.31. The normalized spacial score (nSPS) is 22.9. The van der Waals surface area contributed by atoms with Crippen molar-refractivity contribution < 1.29 is 0 Å². The van der Waals surface area contributed by atoms with Crippen LogP contribution < -0.4 is 10.2 Å². The van der Waals surface area contributed by atoms with E-state index in [0.29, 0.717) is 17.2 Å². The molecule has 1 aliphatic rings. The summed E-state index contributed by atoms with van der Waals surface area (Å²) in [5.74, 6) is 1.93. The number of benzene rings is 1. The Morgan fingerprint density at radius 1 is 1.33 bits per heavy atom. The summed E-state index contributed by atoms with van der Waals surface area (Å²) in [6.07, 6.45) is 0. The Hall–Kier alpha value is -0.670. The molecule has 2 nitrogen and oxygen atoms in total. The Balaban J connectivity index is 2.17. The first kappa shape index (κ1) is 16.7. The van der Waals surface area contributed by atoms with E-state index in [0.717, 1.165) is 19.6 Å². The summed E-state index contributed by atoms with van der Waals surface area (Å²) in [6, 6.07) is 7.53. The van der Waals surface area contributed by atoms with Crippen molar-refractivity contribution in [2.45, 2.75) is 52.5 Å². The molecule has 21 heavy (non-hydrogen) atoms. The molecule has 1 fully saturated rings. The first-order chi connectivity index (χ1) is 9.99. The second-order valence-electron chi connectivity index (χ2n) is 6.67. The van der Waals surface area contributed by atoms with Crippen LogP contribution in [0.4, 0.5) is 5.69 Å². The second kappa shape index (κ2) is 7.55. The van der Waals surface area contributed by atoms with Crippen LogP contribution in [0, 0.1) is 12.8 Å². The first-order valence-corrected chi connectivity index (χ1v) is 9.22. The van der Waals surface area contributed by atoms with Crippen molar-refractivity contribution in [1.29, 1.82) is 0 Å². The van der Waals surface area contributed by atoms with Crippen molar-refractivity contribution in [1.82, 2.24) is 5.32 Å². The molecular weight excluding hydrogens is 276 g/mol. The Morgan fingerprint density at radius 3 is 2.81 bits per heavy atom. The van der Waals surface area contributed by atoms with E-state index >= 15 is 0 Å². The Morgan fingerprint density at radius 2 is 2.10 bits per heavy atom. The summed E-state index contributed by atoms with van der Waals surface area (Å²) >= 11 is 2.10. The zero-order chi connectivity index (χ0) is 15.4. The van der Waals surface area contributed by atoms with E-state index < -0.39 is 0 Å². The van der Waals surface area contributed by atoms with Gasteiger partial charge in [0, 0.05) is 35.8 Å². The molecule has 1 saturated heterocycles. The minimum atomic E-state index is 0.607. The molecule has 0 aliphatic carbocycles. The third-order valence-corrected chi connectivity index (χ3v) is 5.63. The lowest BCUT2D eigenvalue weighted by atomic mass is 10.1. The fourth-order valence-corrected chi connectivity index (χ4v) is 4.00. The summed E-state index contributed by atoms with van der Waals surface area (Å²) in [5.41, 5.74) is 4.23. The molecule has 0 saturated carbocycles. The van der Waals surface area contributed by atoms with Gasteiger partial charge in [-0.15, -0.1) is 0 Å². The molecule has 1 heterocycles. The molecule has 1 aromatic rings. The maximum atomic E-state index is 3.60. The third-order valence-electron chi connectivity index (χ3n) is 4.30. The van der Waals surface area contributed by atoms with Crippen LogP contribution in [0.1, 0.15) is 38.8 Å². The lowest BCUT2D eigenvalue weighted by Crippen LogP contribution is -2.45. The molecule has 0 amide bonds. The number of anilines is 1. The number of rotatable bonds is 5. The van der Waals surface area contributed by atoms with Gasteiger partial charge in [0.15, 0.2) is 0 Å². The molecule has 0 spiro atoms. The smallest absolute Gasteiger partial charge is 0.0415 e. The van der Waals surface area contributed by atoms with E-state index in [-0.39, 0.29) is 0 Å². The molecule has 0 aromatic heterocycles. The van der Waals surface area contributed by atoms with Crippen LogP contribution >= 0.6 is 11.8 Å². The van der Waals surface area contributed by atoms with Crippen LogP contribution in [0.25, 0.3) is 0 Å². The van der Waals surface area contributed by atoms with E-state index in [1.165, 1.54) is 22.6 Å². The van der Waals surface area contributed by atoms with Crippen molar-refractivity contribution in [3.63, 3.8) is 0 Å². The predicted molar refractivity (Wildman–Crippen MR) is 96.5 cm³/mol. The first-order valence-electron chi connectivity index (χ1n) is 8.17. The minimum Gasteiger partial charge on any atom is -0.367 e. The van der Waals surface area contributed by atoms with Crippen molar-refractivity contribution >= 4 is 17.4 Å². The highest BCUT2D eigenvalue weighted by Gasteiger charge is 2.26. The van der Waals surface area contributed by atoms with E-state index in [1.807, 2.05) is 0 Å². The highest BCUT2D eigenvalue weighted by atomic mass is 32.2. The highest BCUT2D eigenvalue weighted by molar-refractivity contribution is 8.00. The molecule has 0 bridgehead atoms. The zero-order valence-corrected chi connectivity index (χ0v) is 15.0. The van der Waals surface area contributed by atoms with Gasteiger partial charge in [-0.25, -0.2) is 0 Å². The number of nitrogens with one attached hydrogen (secondary N) is 1. The van der Waals surface area contributed by atoms with Crippen molar-refractivity contribution in [3.8, 4) is 0 Å². The number of thioether (sulfide) groups is 1. The van der Waals surface area contributed by atoms with Crippen molar-refractivity contribution in [2.75, 3.05) is 23.7 Å². The maximum Gasteiger partial charge on any atom is 0.0415 e. The van der Waals surface area contributed by atoms with Gasteiger partial charge in [-0.3, -0.25) is 0 Å². The summed E-state index contributed by atoms with van der Waals surface area (Å²) in [4.78, 5) is 2.60. The lowest BCUT2D eigenvalue weighted by Gasteiger charge is -2.40. The number of hydrogen-bond donors (Lipinski definition) is 1. The van der Waals surface area contributed by atoms with Crippen LogP contribution in [0.5, 0.6) is 0 Å². The number of aryl methyl sites for hydroxylation is 1. The summed E-state index contributed by atoms with van der Waals surface area (Å²) in [7, 11) is 0. The van der Waals surface area contributed by atoms with Gasteiger partial charge >= 0.3 is 0 Å². The average molecular weight is 307 g/mol. The molecule has 1 N–H and O–H groups in total. The Bertz CT molecular complexity index is 459. The van der Waals surface area contributed by atoms with Gasteiger partial charge in [-0.05, 0) is 37.9 Å². The van der Waals surface area contributed by atoms with Crippen LogP contribution in [0.15, 0.2) is 18.2 Å². The number of nitrogens with zero attached hydrogens (tertiary/aromatic N) is 1. The molecular formula is C18H30N2S. The molecule has 118 valence electrons. The predicted octanol–water partition coefficient (Wildman–Crippen LogP) is 4.07. The standard InChI is InChI=1S/C18H30N2S/c1-13(2)11-19-12-17-10-14(3)6-7-18(17)20-8-9-21-16(5)15(20)4/h6-7,10,13,15-16,19H,8-9,11-12H2,1-5H3. The van der Waals surface area contributed by atoms with Crippen molar-refractivity contribution in [2.24, 2.45) is 5.92 Å². The fourth-order valence-electron chi connectivity index (χ4n) is 2.90. The maximum absolute atomic E-state index is 3.60. The third kappa shape index (κ3) is 4.40. The summed E-state index contributed by atoms with van der Waals surface area (Å²) in [6.45, 7) is 14.6. The van der Waals surface area contributed by atoms with Gasteiger partial charge in [-0.1, -0.05) is 38.5 Å². The van der Waals surface area contributed by atoms with E-state index in [2.05, 4.69) is 74.8 Å². The molecule has 2 rings (SSSR count). The SMILES string of the molecule is Cc1ccc(N2CCSC(C)C2C)c(CNCC(C)C)c1. The molecule has 2 atom stereocenters. The van der Waals surface area contributed by atoms with Gasteiger partial charge in [-0.2, -0.15) is 11.8 Å². The fraction of sp³-hybridized carbons (Fsp3) is 0.667. The van der Waals surface area contributed by atoms with Gasteiger partial charge in [0.1, 0.15) is 0 Å². The van der Waals surface area contributed by atoms with Crippen LogP contribution in [-0.2, 0) is 6.54 Å². The molecule has 1 aromatic carbocycles. The molecule has 1 aliphatic heterocycles. The van der Waals surface area contributed by atoms with Gasteiger partial charge in [0.25, 0.3) is 0 Å². The minimum absolute atomic E-state index is 0.607. The molecule has 3 heteroatoms. The van der Waals surface area contributed by atoms with E-state index in [4.69, 9.17) is 0 Å². The topological polar surface area (TPSA) is 15.3 Å². The lowest BCUT2D eigenvalue weighted by molar-refractivity contribution is 0.550. The summed E-state index contributed by atoms with van der Waals surface area (Å²) < 4.78 is 0. The zero-order valence-electron chi connectivity index (χ0n) is 14.1. The van der Waals surface area contributed by atoms with Crippen LogP contribution in [0.2, 0.25) is 0 Å². The molecule has 0 radical (unpaired) electrons. The van der Waals surface area contributed by atoms with Gasteiger partial charge in [0.05, 0.1) is 0 Å². The Kier molecular flexibility index (Phi) is 6.00.